The minimum absolute atomic E-state index is 0.158. The van der Waals surface area contributed by atoms with Crippen LogP contribution in [0.25, 0.3) is 0 Å². The number of hydrogen-bond donors (Lipinski definition) is 1. The number of allylic oxidation sites excluding steroid dienone is 1. The topological polar surface area (TPSA) is 29.1 Å². The molecule has 0 saturated heterocycles. The smallest absolute Gasteiger partial charge is 0.219 e. The van der Waals surface area contributed by atoms with Crippen molar-refractivity contribution in [3.8, 4) is 0 Å². The maximum atomic E-state index is 11.0. The third-order valence-electron chi connectivity index (χ3n) is 2.18. The number of nitrogens with one attached hydrogen (secondary N) is 1. The van der Waals surface area contributed by atoms with E-state index in [0.717, 1.165) is 6.42 Å². The Bertz CT molecular complexity index is 166. The molecule has 0 spiro atoms. The normalized spacial score (nSPS) is 11.9. The van der Waals surface area contributed by atoms with Crippen LogP contribution in [0.5, 0.6) is 0 Å². The Balaban J connectivity index is -0.000000337. The second-order valence-corrected chi connectivity index (χ2v) is 3.98. The second kappa shape index (κ2) is 17.6. The molecular formula is C15H33NO. The molecule has 104 valence electrons. The SMILES string of the molecule is C=CC.CC.CCC(=O)N[C@H](C)CC(C)CC. The molecule has 0 aliphatic rings. The first-order valence-corrected chi connectivity index (χ1v) is 6.88. The average molecular weight is 243 g/mol. The van der Waals surface area contributed by atoms with Gasteiger partial charge in [0.1, 0.15) is 0 Å². The number of carbonyl (C=O) groups is 1. The van der Waals surface area contributed by atoms with E-state index >= 15 is 0 Å². The molecule has 0 aromatic rings. The van der Waals surface area contributed by atoms with Gasteiger partial charge in [-0.3, -0.25) is 4.79 Å². The molecule has 0 bridgehead atoms. The van der Waals surface area contributed by atoms with E-state index in [0.29, 0.717) is 18.4 Å². The minimum atomic E-state index is 0.158. The van der Waals surface area contributed by atoms with Gasteiger partial charge in [0.05, 0.1) is 0 Å². The zero-order valence-corrected chi connectivity index (χ0v) is 13.0. The zero-order valence-electron chi connectivity index (χ0n) is 13.0. The van der Waals surface area contributed by atoms with Crippen LogP contribution in [-0.4, -0.2) is 11.9 Å². The van der Waals surface area contributed by atoms with Gasteiger partial charge in [-0.25, -0.2) is 0 Å². The number of rotatable bonds is 5. The first-order valence-electron chi connectivity index (χ1n) is 6.88. The molecule has 2 atom stereocenters. The van der Waals surface area contributed by atoms with Crippen LogP contribution in [0.3, 0.4) is 0 Å². The molecular weight excluding hydrogens is 210 g/mol. The predicted octanol–water partition coefficient (Wildman–Crippen LogP) is 4.56. The lowest BCUT2D eigenvalue weighted by Crippen LogP contribution is -2.33. The highest BCUT2D eigenvalue weighted by Crippen LogP contribution is 2.09. The van der Waals surface area contributed by atoms with E-state index in [2.05, 4.69) is 32.7 Å². The molecule has 1 unspecified atom stereocenters. The van der Waals surface area contributed by atoms with E-state index in [1.54, 1.807) is 6.08 Å². The van der Waals surface area contributed by atoms with Gasteiger partial charge in [-0.2, -0.15) is 0 Å². The lowest BCUT2D eigenvalue weighted by Gasteiger charge is -2.16. The van der Waals surface area contributed by atoms with Crippen LogP contribution in [0.2, 0.25) is 0 Å². The summed E-state index contributed by atoms with van der Waals surface area (Å²) >= 11 is 0. The van der Waals surface area contributed by atoms with Crippen LogP contribution < -0.4 is 5.32 Å². The Morgan fingerprint density at radius 1 is 1.29 bits per heavy atom. The molecule has 2 heteroatoms. The molecule has 0 heterocycles. The van der Waals surface area contributed by atoms with Crippen molar-refractivity contribution >= 4 is 5.91 Å². The maximum Gasteiger partial charge on any atom is 0.219 e. The summed E-state index contributed by atoms with van der Waals surface area (Å²) in [7, 11) is 0. The molecule has 0 radical (unpaired) electrons. The van der Waals surface area contributed by atoms with Gasteiger partial charge in [-0.1, -0.05) is 47.1 Å². The fourth-order valence-corrected chi connectivity index (χ4v) is 1.21. The third kappa shape index (κ3) is 21.1. The van der Waals surface area contributed by atoms with Crippen molar-refractivity contribution in [2.24, 2.45) is 5.92 Å². The Morgan fingerprint density at radius 3 is 2.00 bits per heavy atom. The highest BCUT2D eigenvalue weighted by molar-refractivity contribution is 5.75. The summed E-state index contributed by atoms with van der Waals surface area (Å²) < 4.78 is 0. The molecule has 0 fully saturated rings. The van der Waals surface area contributed by atoms with Crippen LogP contribution in [0.1, 0.15) is 67.7 Å². The molecule has 1 N–H and O–H groups in total. The van der Waals surface area contributed by atoms with Crippen molar-refractivity contribution in [3.63, 3.8) is 0 Å². The molecule has 2 nitrogen and oxygen atoms in total. The van der Waals surface area contributed by atoms with Gasteiger partial charge in [-0.15, -0.1) is 6.58 Å². The van der Waals surface area contributed by atoms with Crippen molar-refractivity contribution in [1.29, 1.82) is 0 Å². The van der Waals surface area contributed by atoms with Crippen LogP contribution in [0.15, 0.2) is 12.7 Å². The lowest BCUT2D eigenvalue weighted by atomic mass is 10.0. The van der Waals surface area contributed by atoms with Crippen LogP contribution in [0, 0.1) is 5.92 Å². The van der Waals surface area contributed by atoms with Gasteiger partial charge in [-0.05, 0) is 26.2 Å². The summed E-state index contributed by atoms with van der Waals surface area (Å²) in [4.78, 5) is 11.0. The number of hydrogen-bond acceptors (Lipinski definition) is 1. The number of amides is 1. The van der Waals surface area contributed by atoms with E-state index in [1.165, 1.54) is 6.42 Å². The van der Waals surface area contributed by atoms with E-state index in [1.807, 2.05) is 27.7 Å². The van der Waals surface area contributed by atoms with Gasteiger partial charge in [0.2, 0.25) is 5.91 Å². The van der Waals surface area contributed by atoms with Gasteiger partial charge in [0.15, 0.2) is 0 Å². The van der Waals surface area contributed by atoms with E-state index in [4.69, 9.17) is 0 Å². The van der Waals surface area contributed by atoms with Crippen LogP contribution >= 0.6 is 0 Å². The quantitative estimate of drug-likeness (QED) is 0.705. The zero-order chi connectivity index (χ0) is 14.3. The molecule has 0 saturated carbocycles. The van der Waals surface area contributed by atoms with Crippen LogP contribution in [0.4, 0.5) is 0 Å². The summed E-state index contributed by atoms with van der Waals surface area (Å²) in [5.41, 5.74) is 0. The summed E-state index contributed by atoms with van der Waals surface area (Å²) in [5.74, 6) is 0.864. The lowest BCUT2D eigenvalue weighted by molar-refractivity contribution is -0.121. The Kier molecular flexibility index (Phi) is 22.2. The molecule has 0 aromatic carbocycles. The van der Waals surface area contributed by atoms with Gasteiger partial charge in [0, 0.05) is 12.5 Å². The summed E-state index contributed by atoms with van der Waals surface area (Å²) in [6.07, 6.45) is 4.61. The summed E-state index contributed by atoms with van der Waals surface area (Å²) in [5, 5.41) is 2.96. The van der Waals surface area contributed by atoms with E-state index in [-0.39, 0.29) is 5.91 Å². The summed E-state index contributed by atoms with van der Waals surface area (Å²) in [6.45, 7) is 17.6. The predicted molar refractivity (Wildman–Crippen MR) is 79.2 cm³/mol. The maximum absolute atomic E-state index is 11.0. The molecule has 0 aliphatic heterocycles. The first-order chi connectivity index (χ1) is 8.01. The molecule has 0 aromatic heterocycles. The fraction of sp³-hybridized carbons (Fsp3) is 0.800. The Morgan fingerprint density at radius 2 is 1.71 bits per heavy atom. The highest BCUT2D eigenvalue weighted by atomic mass is 16.1. The van der Waals surface area contributed by atoms with Crippen molar-refractivity contribution in [1.82, 2.24) is 5.32 Å². The van der Waals surface area contributed by atoms with E-state index in [9.17, 15) is 4.79 Å². The molecule has 17 heavy (non-hydrogen) atoms. The first kappa shape index (κ1) is 21.5. The largest absolute Gasteiger partial charge is 0.354 e. The third-order valence-corrected chi connectivity index (χ3v) is 2.18. The number of carbonyl (C=O) groups excluding carboxylic acids is 1. The standard InChI is InChI=1S/C10H21NO.C3H6.C2H6/c1-5-8(3)7-9(4)11-10(12)6-2;1-3-2;1-2/h8-9H,5-7H2,1-4H3,(H,11,12);3H,1H2,2H3;1-2H3/t8?,9-;;/m1../s1. The van der Waals surface area contributed by atoms with Crippen molar-refractivity contribution in [2.75, 3.05) is 0 Å². The van der Waals surface area contributed by atoms with Crippen LogP contribution in [-0.2, 0) is 4.79 Å². The van der Waals surface area contributed by atoms with Crippen molar-refractivity contribution in [3.05, 3.63) is 12.7 Å². The molecule has 1 amide bonds. The van der Waals surface area contributed by atoms with E-state index < -0.39 is 0 Å². The second-order valence-electron chi connectivity index (χ2n) is 3.98. The Labute approximate surface area is 109 Å². The molecule has 0 aliphatic carbocycles. The summed E-state index contributed by atoms with van der Waals surface area (Å²) in [6, 6.07) is 0.326. The average Bonchev–Trinajstić information content (AvgIpc) is 2.32. The van der Waals surface area contributed by atoms with Crippen molar-refractivity contribution < 1.29 is 4.79 Å². The highest BCUT2D eigenvalue weighted by Gasteiger charge is 2.08. The van der Waals surface area contributed by atoms with Gasteiger partial charge in [0.25, 0.3) is 0 Å². The van der Waals surface area contributed by atoms with Gasteiger partial charge < -0.3 is 5.32 Å². The molecule has 0 rings (SSSR count). The fourth-order valence-electron chi connectivity index (χ4n) is 1.21. The monoisotopic (exact) mass is 243 g/mol. The minimum Gasteiger partial charge on any atom is -0.354 e. The van der Waals surface area contributed by atoms with Gasteiger partial charge >= 0.3 is 0 Å². The van der Waals surface area contributed by atoms with Crippen molar-refractivity contribution in [2.45, 2.75) is 73.8 Å². The Hall–Kier alpha value is -0.790.